The standard InChI is InChI=1S/C14H22O5S/c1-5-7-12-10(3)8-9-13(20(15,16)17)14(12)19-11(4)18-6-2/h8-9,11H,5-7H2,1-4H3,(H,15,16,17). The number of rotatable bonds is 7. The zero-order chi connectivity index (χ0) is 15.3. The lowest BCUT2D eigenvalue weighted by atomic mass is 10.0. The number of hydrogen-bond acceptors (Lipinski definition) is 4. The maximum absolute atomic E-state index is 11.5. The van der Waals surface area contributed by atoms with Gasteiger partial charge in [0.25, 0.3) is 10.1 Å². The zero-order valence-corrected chi connectivity index (χ0v) is 13.2. The molecule has 0 saturated heterocycles. The van der Waals surface area contributed by atoms with Crippen molar-refractivity contribution in [3.8, 4) is 5.75 Å². The molecule has 0 spiro atoms. The smallest absolute Gasteiger partial charge is 0.298 e. The van der Waals surface area contributed by atoms with Crippen LogP contribution in [-0.2, 0) is 21.3 Å². The van der Waals surface area contributed by atoms with E-state index in [0.717, 1.165) is 17.5 Å². The van der Waals surface area contributed by atoms with Crippen molar-refractivity contribution in [2.75, 3.05) is 6.61 Å². The second-order valence-corrected chi connectivity index (χ2v) is 5.94. The molecule has 6 heteroatoms. The number of aryl methyl sites for hydroxylation is 1. The quantitative estimate of drug-likeness (QED) is 0.619. The molecule has 0 aliphatic rings. The van der Waals surface area contributed by atoms with Gasteiger partial charge in [-0.2, -0.15) is 8.42 Å². The highest BCUT2D eigenvalue weighted by atomic mass is 32.2. The van der Waals surface area contributed by atoms with E-state index >= 15 is 0 Å². The molecule has 0 fully saturated rings. The fourth-order valence-corrected chi connectivity index (χ4v) is 2.68. The lowest BCUT2D eigenvalue weighted by Gasteiger charge is -2.20. The Bertz CT molecular complexity index is 551. The molecule has 1 N–H and O–H groups in total. The molecule has 1 atom stereocenters. The fourth-order valence-electron chi connectivity index (χ4n) is 2.03. The van der Waals surface area contributed by atoms with Crippen molar-refractivity contribution in [3.63, 3.8) is 0 Å². The Morgan fingerprint density at radius 2 is 1.95 bits per heavy atom. The molecule has 1 aromatic carbocycles. The summed E-state index contributed by atoms with van der Waals surface area (Å²) in [6, 6.07) is 3.03. The Balaban J connectivity index is 3.36. The lowest BCUT2D eigenvalue weighted by Crippen LogP contribution is -2.19. The minimum atomic E-state index is -4.33. The van der Waals surface area contributed by atoms with Crippen LogP contribution in [0.15, 0.2) is 17.0 Å². The van der Waals surface area contributed by atoms with Crippen LogP contribution in [0.5, 0.6) is 5.75 Å². The van der Waals surface area contributed by atoms with Crippen LogP contribution in [0, 0.1) is 6.92 Å². The average Bonchev–Trinajstić information content (AvgIpc) is 2.32. The predicted molar refractivity (Wildman–Crippen MR) is 76.7 cm³/mol. The Labute approximate surface area is 120 Å². The van der Waals surface area contributed by atoms with E-state index in [0.29, 0.717) is 13.0 Å². The molecule has 0 saturated carbocycles. The molecule has 114 valence electrons. The van der Waals surface area contributed by atoms with Crippen LogP contribution in [0.25, 0.3) is 0 Å². The van der Waals surface area contributed by atoms with Crippen LogP contribution in [0.4, 0.5) is 0 Å². The third kappa shape index (κ3) is 4.19. The third-order valence-corrected chi connectivity index (χ3v) is 3.80. The van der Waals surface area contributed by atoms with Crippen LogP contribution in [0.2, 0.25) is 0 Å². The minimum absolute atomic E-state index is 0.190. The fraction of sp³-hybridized carbons (Fsp3) is 0.571. The average molecular weight is 302 g/mol. The molecule has 0 radical (unpaired) electrons. The van der Waals surface area contributed by atoms with Gasteiger partial charge in [-0.1, -0.05) is 19.4 Å². The van der Waals surface area contributed by atoms with Crippen molar-refractivity contribution in [2.45, 2.75) is 51.7 Å². The highest BCUT2D eigenvalue weighted by molar-refractivity contribution is 7.86. The molecule has 0 amide bonds. The van der Waals surface area contributed by atoms with Gasteiger partial charge in [0.2, 0.25) is 0 Å². The van der Waals surface area contributed by atoms with Crippen molar-refractivity contribution in [1.82, 2.24) is 0 Å². The van der Waals surface area contributed by atoms with Crippen molar-refractivity contribution < 1.29 is 22.4 Å². The third-order valence-electron chi connectivity index (χ3n) is 2.92. The summed E-state index contributed by atoms with van der Waals surface area (Å²) < 4.78 is 43.2. The molecule has 0 aromatic heterocycles. The van der Waals surface area contributed by atoms with Gasteiger partial charge in [-0.15, -0.1) is 0 Å². The van der Waals surface area contributed by atoms with Crippen LogP contribution < -0.4 is 4.74 Å². The summed E-state index contributed by atoms with van der Waals surface area (Å²) in [5.41, 5.74) is 1.71. The van der Waals surface area contributed by atoms with Gasteiger partial charge in [0.15, 0.2) is 6.29 Å². The van der Waals surface area contributed by atoms with Crippen LogP contribution in [-0.4, -0.2) is 25.9 Å². The predicted octanol–water partition coefficient (Wildman–Crippen LogP) is 2.96. The monoisotopic (exact) mass is 302 g/mol. The Morgan fingerprint density at radius 3 is 2.45 bits per heavy atom. The van der Waals surface area contributed by atoms with Gasteiger partial charge in [-0.3, -0.25) is 4.55 Å². The van der Waals surface area contributed by atoms with E-state index in [2.05, 4.69) is 0 Å². The molecule has 0 aliphatic carbocycles. The molecule has 20 heavy (non-hydrogen) atoms. The minimum Gasteiger partial charge on any atom is -0.463 e. The summed E-state index contributed by atoms with van der Waals surface area (Å²) in [5.74, 6) is 0.190. The van der Waals surface area contributed by atoms with Crippen LogP contribution in [0.1, 0.15) is 38.3 Å². The van der Waals surface area contributed by atoms with Gasteiger partial charge in [0.1, 0.15) is 10.6 Å². The highest BCUT2D eigenvalue weighted by Gasteiger charge is 2.22. The largest absolute Gasteiger partial charge is 0.463 e. The normalized spacial score (nSPS) is 13.2. The molecule has 0 aliphatic heterocycles. The highest BCUT2D eigenvalue weighted by Crippen LogP contribution is 2.32. The van der Waals surface area contributed by atoms with Crippen molar-refractivity contribution in [1.29, 1.82) is 0 Å². The Morgan fingerprint density at radius 1 is 1.30 bits per heavy atom. The van der Waals surface area contributed by atoms with Gasteiger partial charge in [0.05, 0.1) is 0 Å². The second-order valence-electron chi connectivity index (χ2n) is 4.55. The first-order valence-electron chi connectivity index (χ1n) is 6.69. The first-order chi connectivity index (χ1) is 9.31. The molecule has 5 nitrogen and oxygen atoms in total. The van der Waals surface area contributed by atoms with Gasteiger partial charge in [-0.05, 0) is 44.4 Å². The summed E-state index contributed by atoms with van der Waals surface area (Å²) in [4.78, 5) is -0.210. The van der Waals surface area contributed by atoms with E-state index in [9.17, 15) is 13.0 Å². The Kier molecular flexibility index (Phi) is 5.98. The SMILES string of the molecule is CCCc1c(C)ccc(S(=O)(=O)O)c1OC(C)OCC. The van der Waals surface area contributed by atoms with E-state index in [1.165, 1.54) is 6.07 Å². The lowest BCUT2D eigenvalue weighted by molar-refractivity contribution is -0.0633. The number of benzene rings is 1. The van der Waals surface area contributed by atoms with E-state index in [1.807, 2.05) is 20.8 Å². The van der Waals surface area contributed by atoms with Crippen molar-refractivity contribution in [2.24, 2.45) is 0 Å². The molecule has 0 bridgehead atoms. The second kappa shape index (κ2) is 7.06. The van der Waals surface area contributed by atoms with E-state index in [-0.39, 0.29) is 10.6 Å². The summed E-state index contributed by atoms with van der Waals surface area (Å²) in [5, 5.41) is 0. The van der Waals surface area contributed by atoms with E-state index in [4.69, 9.17) is 9.47 Å². The molecule has 1 unspecified atom stereocenters. The summed E-state index contributed by atoms with van der Waals surface area (Å²) in [6.45, 7) is 7.85. The van der Waals surface area contributed by atoms with Gasteiger partial charge < -0.3 is 9.47 Å². The number of hydrogen-bond donors (Lipinski definition) is 1. The summed E-state index contributed by atoms with van der Waals surface area (Å²) in [7, 11) is -4.33. The topological polar surface area (TPSA) is 72.8 Å². The zero-order valence-electron chi connectivity index (χ0n) is 12.3. The maximum atomic E-state index is 11.5. The maximum Gasteiger partial charge on any atom is 0.298 e. The van der Waals surface area contributed by atoms with Crippen LogP contribution >= 0.6 is 0 Å². The van der Waals surface area contributed by atoms with Crippen molar-refractivity contribution in [3.05, 3.63) is 23.3 Å². The van der Waals surface area contributed by atoms with E-state index in [1.54, 1.807) is 13.0 Å². The first-order valence-corrected chi connectivity index (χ1v) is 8.13. The van der Waals surface area contributed by atoms with E-state index < -0.39 is 16.4 Å². The molecular weight excluding hydrogens is 280 g/mol. The molecular formula is C14H22O5S. The summed E-state index contributed by atoms with van der Waals surface area (Å²) in [6.07, 6.45) is 0.927. The van der Waals surface area contributed by atoms with Crippen LogP contribution in [0.3, 0.4) is 0 Å². The number of ether oxygens (including phenoxy) is 2. The van der Waals surface area contributed by atoms with Crippen molar-refractivity contribution >= 4 is 10.1 Å². The van der Waals surface area contributed by atoms with Gasteiger partial charge >= 0.3 is 0 Å². The molecule has 0 heterocycles. The Hall–Kier alpha value is -1.11. The van der Waals surface area contributed by atoms with Gasteiger partial charge in [0, 0.05) is 6.61 Å². The first kappa shape index (κ1) is 16.9. The summed E-state index contributed by atoms with van der Waals surface area (Å²) >= 11 is 0. The van der Waals surface area contributed by atoms with Gasteiger partial charge in [-0.25, -0.2) is 0 Å². The molecule has 1 rings (SSSR count). The molecule has 1 aromatic rings.